The van der Waals surface area contributed by atoms with Crippen molar-refractivity contribution >= 4 is 23.3 Å². The van der Waals surface area contributed by atoms with Gasteiger partial charge in [-0.05, 0) is 30.1 Å². The van der Waals surface area contributed by atoms with Crippen molar-refractivity contribution in [3.05, 3.63) is 34.5 Å². The minimum absolute atomic E-state index is 0.279. The molecule has 2 heterocycles. The Balaban J connectivity index is 2.14. The maximum atomic E-state index is 11.9. The van der Waals surface area contributed by atoms with Crippen LogP contribution in [0.2, 0.25) is 0 Å². The van der Waals surface area contributed by atoms with E-state index < -0.39 is 0 Å². The van der Waals surface area contributed by atoms with Gasteiger partial charge in [-0.2, -0.15) is 5.26 Å². The Hall–Kier alpha value is -2.33. The molecule has 0 fully saturated rings. The summed E-state index contributed by atoms with van der Waals surface area (Å²) in [6.45, 7) is 1.91. The molecule has 0 saturated heterocycles. The molecule has 0 spiro atoms. The first kappa shape index (κ1) is 12.1. The Morgan fingerprint density at radius 1 is 1.56 bits per heavy atom. The number of hydrogen-bond donors (Lipinski definition) is 1. The molecule has 1 N–H and O–H groups in total. The van der Waals surface area contributed by atoms with Crippen molar-refractivity contribution in [3.8, 4) is 6.07 Å². The van der Waals surface area contributed by atoms with Crippen LogP contribution in [0.3, 0.4) is 0 Å². The van der Waals surface area contributed by atoms with E-state index >= 15 is 0 Å². The first-order valence-electron chi connectivity index (χ1n) is 5.23. The molecule has 0 unspecified atom stereocenters. The van der Waals surface area contributed by atoms with E-state index in [9.17, 15) is 4.79 Å². The largest absolute Gasteiger partial charge is 0.306 e. The lowest BCUT2D eigenvalue weighted by Gasteiger charge is -2.02. The van der Waals surface area contributed by atoms with Gasteiger partial charge in [0.2, 0.25) is 0 Å². The van der Waals surface area contributed by atoms with E-state index in [2.05, 4.69) is 19.9 Å². The monoisotopic (exact) mass is 259 g/mol. The van der Waals surface area contributed by atoms with Gasteiger partial charge in [0.25, 0.3) is 5.91 Å². The van der Waals surface area contributed by atoms with E-state index in [1.165, 1.54) is 6.20 Å². The van der Waals surface area contributed by atoms with Crippen LogP contribution in [-0.2, 0) is 6.42 Å². The highest BCUT2D eigenvalue weighted by atomic mass is 32.1. The van der Waals surface area contributed by atoms with E-state index in [1.807, 2.05) is 13.0 Å². The fourth-order valence-electron chi connectivity index (χ4n) is 1.32. The number of nitrogens with zero attached hydrogens (tertiary/aromatic N) is 4. The third-order valence-corrected chi connectivity index (χ3v) is 3.00. The summed E-state index contributed by atoms with van der Waals surface area (Å²) < 4.78 is 3.75. The van der Waals surface area contributed by atoms with Crippen molar-refractivity contribution in [2.24, 2.45) is 0 Å². The van der Waals surface area contributed by atoms with Gasteiger partial charge in [-0.3, -0.25) is 4.79 Å². The van der Waals surface area contributed by atoms with Gasteiger partial charge in [-0.25, -0.2) is 4.98 Å². The van der Waals surface area contributed by atoms with Crippen LogP contribution in [0.1, 0.15) is 27.9 Å². The van der Waals surface area contributed by atoms with E-state index in [0.29, 0.717) is 28.4 Å². The maximum Gasteiger partial charge on any atom is 0.270 e. The molecule has 0 aliphatic heterocycles. The molecule has 18 heavy (non-hydrogen) atoms. The number of aryl methyl sites for hydroxylation is 1. The van der Waals surface area contributed by atoms with Crippen LogP contribution in [0.15, 0.2) is 18.3 Å². The summed E-state index contributed by atoms with van der Waals surface area (Å²) in [6, 6.07) is 5.13. The zero-order valence-corrected chi connectivity index (χ0v) is 10.4. The molecule has 2 rings (SSSR count). The number of hydrogen-bond acceptors (Lipinski definition) is 6. The minimum Gasteiger partial charge on any atom is -0.306 e. The van der Waals surface area contributed by atoms with Gasteiger partial charge in [0.1, 0.15) is 16.8 Å². The highest BCUT2D eigenvalue weighted by Crippen LogP contribution is 2.13. The van der Waals surface area contributed by atoms with Crippen LogP contribution in [-0.4, -0.2) is 20.5 Å². The number of nitriles is 1. The zero-order chi connectivity index (χ0) is 13.0. The lowest BCUT2D eigenvalue weighted by Crippen LogP contribution is -2.13. The Morgan fingerprint density at radius 3 is 3.00 bits per heavy atom. The summed E-state index contributed by atoms with van der Waals surface area (Å²) in [4.78, 5) is 16.4. The molecule has 0 aliphatic rings. The van der Waals surface area contributed by atoms with Gasteiger partial charge in [0.15, 0.2) is 0 Å². The third-order valence-electron chi connectivity index (χ3n) is 2.23. The van der Waals surface area contributed by atoms with Crippen LogP contribution >= 0.6 is 11.5 Å². The third kappa shape index (κ3) is 2.49. The number of carbonyl (C=O) groups excluding carboxylic acids is 1. The molecule has 6 nitrogen and oxygen atoms in total. The molecule has 0 atom stereocenters. The lowest BCUT2D eigenvalue weighted by molar-refractivity contribution is 0.102. The Kier molecular flexibility index (Phi) is 3.60. The fourth-order valence-corrected chi connectivity index (χ4v) is 1.96. The topological polar surface area (TPSA) is 91.6 Å². The summed E-state index contributed by atoms with van der Waals surface area (Å²) in [5.41, 5.74) is 1.12. The average molecular weight is 259 g/mol. The van der Waals surface area contributed by atoms with Crippen LogP contribution in [0.4, 0.5) is 5.82 Å². The van der Waals surface area contributed by atoms with Crippen molar-refractivity contribution in [1.29, 1.82) is 5.26 Å². The number of anilines is 1. The Labute approximate surface area is 107 Å². The molecule has 0 saturated carbocycles. The highest BCUT2D eigenvalue weighted by Gasteiger charge is 2.15. The maximum absolute atomic E-state index is 11.9. The van der Waals surface area contributed by atoms with Gasteiger partial charge in [0, 0.05) is 6.20 Å². The molecule has 1 amide bonds. The van der Waals surface area contributed by atoms with Crippen LogP contribution in [0.5, 0.6) is 0 Å². The second-order valence-corrected chi connectivity index (χ2v) is 4.15. The normalized spacial score (nSPS) is 9.78. The Morgan fingerprint density at radius 2 is 2.39 bits per heavy atom. The molecule has 0 bridgehead atoms. The lowest BCUT2D eigenvalue weighted by atomic mass is 10.3. The van der Waals surface area contributed by atoms with Crippen molar-refractivity contribution < 1.29 is 4.79 Å². The predicted octanol–water partition coefficient (Wildman–Crippen LogP) is 1.62. The molecule has 7 heteroatoms. The van der Waals surface area contributed by atoms with Gasteiger partial charge < -0.3 is 5.32 Å². The van der Waals surface area contributed by atoms with Gasteiger partial charge in [-0.1, -0.05) is 11.4 Å². The SMILES string of the molecule is CCc1nnsc1C(=O)Nc1ccc(C#N)cn1. The van der Waals surface area contributed by atoms with Crippen molar-refractivity contribution in [2.45, 2.75) is 13.3 Å². The molecule has 0 aliphatic carbocycles. The molecule has 0 radical (unpaired) electrons. The van der Waals surface area contributed by atoms with Crippen molar-refractivity contribution in [2.75, 3.05) is 5.32 Å². The van der Waals surface area contributed by atoms with Crippen LogP contribution in [0.25, 0.3) is 0 Å². The van der Waals surface area contributed by atoms with Gasteiger partial charge >= 0.3 is 0 Å². The quantitative estimate of drug-likeness (QED) is 0.904. The van der Waals surface area contributed by atoms with Crippen molar-refractivity contribution in [3.63, 3.8) is 0 Å². The summed E-state index contributed by atoms with van der Waals surface area (Å²) in [6.07, 6.45) is 2.06. The van der Waals surface area contributed by atoms with Crippen LogP contribution < -0.4 is 5.32 Å². The number of carbonyl (C=O) groups is 1. The fraction of sp³-hybridized carbons (Fsp3) is 0.182. The second kappa shape index (κ2) is 5.33. The first-order valence-corrected chi connectivity index (χ1v) is 6.00. The van der Waals surface area contributed by atoms with E-state index in [0.717, 1.165) is 11.5 Å². The molecule has 90 valence electrons. The summed E-state index contributed by atoms with van der Waals surface area (Å²) >= 11 is 1.06. The minimum atomic E-state index is -0.279. The molecule has 0 aromatic carbocycles. The second-order valence-electron chi connectivity index (χ2n) is 3.40. The Bertz CT molecular complexity index is 599. The molecular weight excluding hydrogens is 250 g/mol. The number of rotatable bonds is 3. The number of aromatic nitrogens is 3. The highest BCUT2D eigenvalue weighted by molar-refractivity contribution is 7.08. The average Bonchev–Trinajstić information content (AvgIpc) is 2.88. The van der Waals surface area contributed by atoms with Gasteiger partial charge in [0.05, 0.1) is 11.3 Å². The first-order chi connectivity index (χ1) is 8.74. The van der Waals surface area contributed by atoms with E-state index in [-0.39, 0.29) is 5.91 Å². The summed E-state index contributed by atoms with van der Waals surface area (Å²) in [5, 5.41) is 15.1. The number of nitrogens with one attached hydrogen (secondary N) is 1. The standard InChI is InChI=1S/C11H9N5OS/c1-2-8-10(18-16-15-8)11(17)14-9-4-3-7(5-12)6-13-9/h3-4,6H,2H2,1H3,(H,13,14,17). The number of pyridine rings is 1. The smallest absolute Gasteiger partial charge is 0.270 e. The summed E-state index contributed by atoms with van der Waals surface area (Å²) in [7, 11) is 0. The predicted molar refractivity (Wildman–Crippen MR) is 66.2 cm³/mol. The summed E-state index contributed by atoms with van der Waals surface area (Å²) in [5.74, 6) is 0.119. The zero-order valence-electron chi connectivity index (χ0n) is 9.54. The van der Waals surface area contributed by atoms with Crippen molar-refractivity contribution in [1.82, 2.24) is 14.6 Å². The van der Waals surface area contributed by atoms with Crippen LogP contribution in [0, 0.1) is 11.3 Å². The van der Waals surface area contributed by atoms with E-state index in [4.69, 9.17) is 5.26 Å². The molecule has 2 aromatic rings. The van der Waals surface area contributed by atoms with E-state index in [1.54, 1.807) is 12.1 Å². The number of amides is 1. The molecular formula is C11H9N5OS. The van der Waals surface area contributed by atoms with Gasteiger partial charge in [-0.15, -0.1) is 5.10 Å². The molecule has 2 aromatic heterocycles.